The largest absolute Gasteiger partial charge is 0.465 e. The Bertz CT molecular complexity index is 1410. The smallest absolute Gasteiger partial charge is 0.308 e. The average molecular weight is 1050 g/mol. The van der Waals surface area contributed by atoms with Crippen molar-refractivity contribution in [2.45, 2.75) is 265 Å². The molecule has 1 fully saturated rings. The maximum absolute atomic E-state index is 13.2. The molecule has 1 heterocycles. The highest BCUT2D eigenvalue weighted by Crippen LogP contribution is 2.21. The van der Waals surface area contributed by atoms with Crippen LogP contribution < -0.4 is 0 Å². The van der Waals surface area contributed by atoms with Crippen molar-refractivity contribution in [1.29, 1.82) is 0 Å². The van der Waals surface area contributed by atoms with Crippen molar-refractivity contribution < 1.29 is 57.1 Å². The zero-order valence-corrected chi connectivity index (χ0v) is 47.9. The summed E-state index contributed by atoms with van der Waals surface area (Å²) in [5.41, 5.74) is 0. The molecule has 13 heteroatoms. The number of ether oxygens (including phenoxy) is 7. The molecule has 1 rings (SSSR count). The van der Waals surface area contributed by atoms with Crippen LogP contribution in [0, 0.1) is 11.8 Å². The summed E-state index contributed by atoms with van der Waals surface area (Å²) in [4.78, 5) is 67.5. The van der Waals surface area contributed by atoms with Crippen LogP contribution in [0.2, 0.25) is 0 Å². The van der Waals surface area contributed by atoms with E-state index in [9.17, 15) is 24.0 Å². The van der Waals surface area contributed by atoms with Gasteiger partial charge in [0.25, 0.3) is 0 Å². The molecular formula is C61H109NO12. The number of carbonyl (C=O) groups is 5. The fraction of sp³-hybridized carbons (Fsp3) is 0.852. The Morgan fingerprint density at radius 1 is 0.446 bits per heavy atom. The van der Waals surface area contributed by atoms with Gasteiger partial charge in [-0.3, -0.25) is 24.0 Å². The number of carbonyl (C=O) groups excluding carboxylic acids is 5. The van der Waals surface area contributed by atoms with Crippen molar-refractivity contribution >= 4 is 29.8 Å². The van der Waals surface area contributed by atoms with Gasteiger partial charge in [-0.25, -0.2) is 0 Å². The first-order valence-electron chi connectivity index (χ1n) is 30.2. The summed E-state index contributed by atoms with van der Waals surface area (Å²) < 4.78 is 40.9. The van der Waals surface area contributed by atoms with Gasteiger partial charge < -0.3 is 38.1 Å². The molecule has 0 spiro atoms. The Morgan fingerprint density at radius 3 is 1.53 bits per heavy atom. The molecule has 0 aliphatic carbocycles. The van der Waals surface area contributed by atoms with Crippen molar-refractivity contribution in [1.82, 2.24) is 4.90 Å². The lowest BCUT2D eigenvalue weighted by molar-refractivity contribution is -0.162. The zero-order chi connectivity index (χ0) is 54.0. The highest BCUT2D eigenvalue weighted by Gasteiger charge is 2.23. The van der Waals surface area contributed by atoms with Crippen molar-refractivity contribution in [2.75, 3.05) is 59.3 Å². The highest BCUT2D eigenvalue weighted by molar-refractivity contribution is 5.72. The predicted octanol–water partition coefficient (Wildman–Crippen LogP) is 14.5. The SMILES string of the molecule is CC/C=C\CCCCOC(CCC(=O)OCC(COC(=O)CCCCCCOC(=O)C(CCCC)CCCCCC)COC(=O)CCC(CCCCCC)OC(=O)CCCN1CCCC1)OCCCC/C=C\CC. The highest BCUT2D eigenvalue weighted by atomic mass is 16.7. The van der Waals surface area contributed by atoms with Gasteiger partial charge in [0.1, 0.15) is 25.9 Å². The summed E-state index contributed by atoms with van der Waals surface area (Å²) in [7, 11) is 0. The molecule has 0 bridgehead atoms. The van der Waals surface area contributed by atoms with Gasteiger partial charge in [-0.2, -0.15) is 0 Å². The van der Waals surface area contributed by atoms with E-state index in [0.29, 0.717) is 51.9 Å². The van der Waals surface area contributed by atoms with Gasteiger partial charge in [0.15, 0.2) is 6.29 Å². The maximum atomic E-state index is 13.2. The molecule has 1 aliphatic rings. The van der Waals surface area contributed by atoms with Gasteiger partial charge in [0, 0.05) is 38.9 Å². The van der Waals surface area contributed by atoms with Gasteiger partial charge in [0.05, 0.1) is 24.9 Å². The third kappa shape index (κ3) is 41.9. The van der Waals surface area contributed by atoms with E-state index in [-0.39, 0.29) is 69.0 Å². The van der Waals surface area contributed by atoms with Crippen LogP contribution in [0.1, 0.15) is 253 Å². The second-order valence-corrected chi connectivity index (χ2v) is 20.5. The Kier molecular flexibility index (Phi) is 46.9. The third-order valence-corrected chi connectivity index (χ3v) is 13.5. The number of hydrogen-bond donors (Lipinski definition) is 0. The van der Waals surface area contributed by atoms with Crippen LogP contribution in [0.25, 0.3) is 0 Å². The van der Waals surface area contributed by atoms with E-state index in [2.05, 4.69) is 63.8 Å². The van der Waals surface area contributed by atoms with Crippen molar-refractivity contribution in [3.05, 3.63) is 24.3 Å². The number of hydrogen-bond acceptors (Lipinski definition) is 13. The fourth-order valence-electron chi connectivity index (χ4n) is 8.87. The Labute approximate surface area is 451 Å². The second kappa shape index (κ2) is 50.5. The minimum atomic E-state index is -0.584. The molecular weight excluding hydrogens is 939 g/mol. The Morgan fingerprint density at radius 2 is 0.946 bits per heavy atom. The van der Waals surface area contributed by atoms with E-state index in [4.69, 9.17) is 33.2 Å². The number of esters is 5. The monoisotopic (exact) mass is 1050 g/mol. The van der Waals surface area contributed by atoms with E-state index in [1.54, 1.807) is 0 Å². The molecule has 0 aromatic heterocycles. The molecule has 13 nitrogen and oxygen atoms in total. The van der Waals surface area contributed by atoms with Crippen molar-refractivity contribution in [3.8, 4) is 0 Å². The van der Waals surface area contributed by atoms with Crippen LogP contribution in [0.4, 0.5) is 0 Å². The molecule has 0 amide bonds. The van der Waals surface area contributed by atoms with Crippen LogP contribution in [0.15, 0.2) is 24.3 Å². The summed E-state index contributed by atoms with van der Waals surface area (Å²) in [6.07, 6.45) is 36.5. The van der Waals surface area contributed by atoms with Gasteiger partial charge >= 0.3 is 29.8 Å². The molecule has 1 aliphatic heterocycles. The topological polar surface area (TPSA) is 153 Å². The van der Waals surface area contributed by atoms with E-state index in [1.165, 1.54) is 25.7 Å². The van der Waals surface area contributed by atoms with Gasteiger partial charge in [-0.1, -0.05) is 130 Å². The van der Waals surface area contributed by atoms with Crippen LogP contribution in [0.3, 0.4) is 0 Å². The van der Waals surface area contributed by atoms with Gasteiger partial charge in [-0.15, -0.1) is 0 Å². The summed E-state index contributed by atoms with van der Waals surface area (Å²) in [5, 5.41) is 0. The number of rotatable bonds is 52. The molecule has 74 heavy (non-hydrogen) atoms. The predicted molar refractivity (Wildman–Crippen MR) is 296 cm³/mol. The molecule has 0 radical (unpaired) electrons. The quantitative estimate of drug-likeness (QED) is 0.0187. The van der Waals surface area contributed by atoms with Crippen LogP contribution in [-0.4, -0.2) is 106 Å². The first-order valence-corrected chi connectivity index (χ1v) is 30.2. The van der Waals surface area contributed by atoms with Gasteiger partial charge in [0.2, 0.25) is 0 Å². The van der Waals surface area contributed by atoms with Gasteiger partial charge in [-0.05, 0) is 135 Å². The lowest BCUT2D eigenvalue weighted by Crippen LogP contribution is -2.27. The number of nitrogens with zero attached hydrogens (tertiary/aromatic N) is 1. The van der Waals surface area contributed by atoms with E-state index < -0.39 is 24.1 Å². The lowest BCUT2D eigenvalue weighted by atomic mass is 9.95. The van der Waals surface area contributed by atoms with E-state index in [0.717, 1.165) is 161 Å². The second-order valence-electron chi connectivity index (χ2n) is 20.5. The van der Waals surface area contributed by atoms with Crippen LogP contribution in [0.5, 0.6) is 0 Å². The van der Waals surface area contributed by atoms with Crippen LogP contribution in [-0.2, 0) is 57.1 Å². The van der Waals surface area contributed by atoms with Crippen molar-refractivity contribution in [2.24, 2.45) is 11.8 Å². The average Bonchev–Trinajstić information content (AvgIpc) is 3.92. The number of allylic oxidation sites excluding steroid dienone is 4. The van der Waals surface area contributed by atoms with E-state index >= 15 is 0 Å². The Balaban J connectivity index is 2.81. The fourth-order valence-corrected chi connectivity index (χ4v) is 8.87. The summed E-state index contributed by atoms with van der Waals surface area (Å²) >= 11 is 0. The molecule has 0 aromatic rings. The molecule has 0 saturated carbocycles. The van der Waals surface area contributed by atoms with Crippen LogP contribution >= 0.6 is 0 Å². The third-order valence-electron chi connectivity index (χ3n) is 13.5. The molecule has 430 valence electrons. The van der Waals surface area contributed by atoms with E-state index in [1.807, 2.05) is 0 Å². The summed E-state index contributed by atoms with van der Waals surface area (Å²) in [6.45, 7) is 15.0. The summed E-state index contributed by atoms with van der Waals surface area (Å²) in [6, 6.07) is 0. The Hall–Kier alpha value is -3.29. The summed E-state index contributed by atoms with van der Waals surface area (Å²) in [5.74, 6) is -2.18. The number of unbranched alkanes of at least 4 members (excludes halogenated alkanes) is 14. The molecule has 1 saturated heterocycles. The lowest BCUT2D eigenvalue weighted by Gasteiger charge is -2.20. The first-order chi connectivity index (χ1) is 36.1. The molecule has 0 N–H and O–H groups in total. The zero-order valence-electron chi connectivity index (χ0n) is 47.9. The first kappa shape index (κ1) is 68.7. The molecule has 3 unspecified atom stereocenters. The van der Waals surface area contributed by atoms with Crippen molar-refractivity contribution in [3.63, 3.8) is 0 Å². The minimum absolute atomic E-state index is 0.0205. The standard InChI is InChI=1S/C61H109NO12/c1-6-11-16-20-23-31-47-68-60(69-48-32-24-21-17-12-7-2)43-42-58(65)73-52-53(50-71-56(63)38-28-22-25-33-49-70-61(67)54(35-15-10-5)36-26-18-13-8-3)51-72-57(64)41-40-55(37-27-19-14-9-4)74-59(66)39-34-46-62-44-29-30-45-62/h11-12,16-17,53-55,60H,6-10,13-15,18-52H2,1-5H3/b16-11-,17-12-. The minimum Gasteiger partial charge on any atom is -0.465 e. The molecule has 0 aromatic carbocycles. The maximum Gasteiger partial charge on any atom is 0.308 e. The number of likely N-dealkylation sites (tertiary alicyclic amines) is 1. The normalized spacial score (nSPS) is 14.2. The molecule has 3 atom stereocenters.